The van der Waals surface area contributed by atoms with E-state index in [1.54, 1.807) is 36.4 Å². The van der Waals surface area contributed by atoms with Crippen molar-refractivity contribution in [2.24, 2.45) is 5.41 Å². The van der Waals surface area contributed by atoms with E-state index in [0.717, 1.165) is 5.56 Å². The van der Waals surface area contributed by atoms with Gasteiger partial charge in [-0.3, -0.25) is 9.59 Å². The minimum atomic E-state index is -1.10. The Kier molecular flexibility index (Phi) is 5.12. The van der Waals surface area contributed by atoms with E-state index in [0.29, 0.717) is 40.0 Å². The highest BCUT2D eigenvalue weighted by Crippen LogP contribution is 2.48. The Labute approximate surface area is 161 Å². The van der Waals surface area contributed by atoms with Gasteiger partial charge in [0.25, 0.3) is 0 Å². The number of halogens is 2. The van der Waals surface area contributed by atoms with E-state index in [-0.39, 0.29) is 11.8 Å². The summed E-state index contributed by atoms with van der Waals surface area (Å²) in [6, 6.07) is 10.2. The third kappa shape index (κ3) is 3.50. The molecule has 0 aromatic heterocycles. The van der Waals surface area contributed by atoms with Gasteiger partial charge < -0.3 is 15.4 Å². The Hall–Kier alpha value is -2.24. The van der Waals surface area contributed by atoms with Crippen LogP contribution in [0.15, 0.2) is 36.4 Å². The van der Waals surface area contributed by atoms with Gasteiger partial charge in [0, 0.05) is 15.7 Å². The van der Waals surface area contributed by atoms with Crippen LogP contribution in [-0.4, -0.2) is 18.9 Å². The molecule has 26 heavy (non-hydrogen) atoms. The van der Waals surface area contributed by atoms with Crippen molar-refractivity contribution in [3.8, 4) is 5.75 Å². The molecular weight excluding hydrogens is 375 g/mol. The number of anilines is 2. The first-order valence-corrected chi connectivity index (χ1v) is 8.84. The van der Waals surface area contributed by atoms with Crippen molar-refractivity contribution in [2.45, 2.75) is 19.8 Å². The smallest absolute Gasteiger partial charge is 0.240 e. The molecule has 0 heterocycles. The molecule has 7 heteroatoms. The number of hydrogen-bond donors (Lipinski definition) is 2. The molecule has 1 aliphatic carbocycles. The number of carbonyl (C=O) groups is 2. The third-order valence-electron chi connectivity index (χ3n) is 4.54. The second-order valence-electron chi connectivity index (χ2n) is 6.25. The molecule has 0 atom stereocenters. The largest absolute Gasteiger partial charge is 0.495 e. The topological polar surface area (TPSA) is 67.4 Å². The van der Waals surface area contributed by atoms with Crippen LogP contribution in [0.3, 0.4) is 0 Å². The van der Waals surface area contributed by atoms with Crippen molar-refractivity contribution >= 4 is 46.4 Å². The summed E-state index contributed by atoms with van der Waals surface area (Å²) in [5, 5.41) is 6.60. The molecule has 2 aromatic carbocycles. The van der Waals surface area contributed by atoms with Crippen molar-refractivity contribution < 1.29 is 14.3 Å². The molecule has 3 rings (SSSR count). The van der Waals surface area contributed by atoms with Crippen LogP contribution in [0.4, 0.5) is 11.4 Å². The summed E-state index contributed by atoms with van der Waals surface area (Å²) in [6.07, 6.45) is 0.959. The van der Waals surface area contributed by atoms with Crippen LogP contribution in [0.1, 0.15) is 18.4 Å². The molecule has 0 aliphatic heterocycles. The molecule has 0 saturated heterocycles. The summed E-state index contributed by atoms with van der Waals surface area (Å²) in [7, 11) is 1.50. The molecule has 1 saturated carbocycles. The summed E-state index contributed by atoms with van der Waals surface area (Å²) in [5.74, 6) is -0.249. The first-order chi connectivity index (χ1) is 12.4. The van der Waals surface area contributed by atoms with Gasteiger partial charge in [0.1, 0.15) is 11.2 Å². The van der Waals surface area contributed by atoms with Crippen LogP contribution < -0.4 is 15.4 Å². The molecule has 2 N–H and O–H groups in total. The van der Waals surface area contributed by atoms with Gasteiger partial charge in [0.05, 0.1) is 12.8 Å². The molecule has 0 bridgehead atoms. The Morgan fingerprint density at radius 1 is 1.04 bits per heavy atom. The molecular formula is C19H18Cl2N2O3. The average Bonchev–Trinajstić information content (AvgIpc) is 3.41. The highest BCUT2D eigenvalue weighted by molar-refractivity contribution is 6.32. The van der Waals surface area contributed by atoms with E-state index in [1.165, 1.54) is 7.11 Å². The van der Waals surface area contributed by atoms with Crippen LogP contribution in [0.2, 0.25) is 10.0 Å². The van der Waals surface area contributed by atoms with E-state index in [9.17, 15) is 9.59 Å². The lowest BCUT2D eigenvalue weighted by Gasteiger charge is -2.18. The third-order valence-corrected chi connectivity index (χ3v) is 5.19. The predicted molar refractivity (Wildman–Crippen MR) is 103 cm³/mol. The van der Waals surface area contributed by atoms with Crippen LogP contribution >= 0.6 is 23.2 Å². The first-order valence-electron chi connectivity index (χ1n) is 8.09. The molecule has 0 spiro atoms. The summed E-state index contributed by atoms with van der Waals surface area (Å²) < 4.78 is 5.23. The molecule has 1 aliphatic rings. The number of amides is 2. The van der Waals surface area contributed by atoms with Crippen molar-refractivity contribution in [3.05, 3.63) is 52.0 Å². The van der Waals surface area contributed by atoms with E-state index < -0.39 is 5.41 Å². The second kappa shape index (κ2) is 7.17. The van der Waals surface area contributed by atoms with Crippen molar-refractivity contribution in [1.82, 2.24) is 0 Å². The molecule has 5 nitrogen and oxygen atoms in total. The Morgan fingerprint density at radius 3 is 2.31 bits per heavy atom. The minimum absolute atomic E-state index is 0.346. The van der Waals surface area contributed by atoms with Gasteiger partial charge in [-0.25, -0.2) is 0 Å². The first kappa shape index (κ1) is 18.5. The number of nitrogens with one attached hydrogen (secondary N) is 2. The van der Waals surface area contributed by atoms with Crippen molar-refractivity contribution in [2.75, 3.05) is 17.7 Å². The fourth-order valence-electron chi connectivity index (χ4n) is 2.69. The van der Waals surface area contributed by atoms with E-state index in [2.05, 4.69) is 10.6 Å². The van der Waals surface area contributed by atoms with Crippen LogP contribution in [0, 0.1) is 12.3 Å². The Balaban J connectivity index is 1.78. The second-order valence-corrected chi connectivity index (χ2v) is 7.09. The predicted octanol–water partition coefficient (Wildman–Crippen LogP) is 4.67. The summed E-state index contributed by atoms with van der Waals surface area (Å²) in [6.45, 7) is 1.81. The van der Waals surface area contributed by atoms with Gasteiger partial charge in [-0.1, -0.05) is 29.3 Å². The zero-order chi connectivity index (χ0) is 18.9. The van der Waals surface area contributed by atoms with Crippen LogP contribution in [0.5, 0.6) is 5.75 Å². The van der Waals surface area contributed by atoms with E-state index >= 15 is 0 Å². The van der Waals surface area contributed by atoms with Gasteiger partial charge in [-0.15, -0.1) is 0 Å². The molecule has 1 fully saturated rings. The van der Waals surface area contributed by atoms with Gasteiger partial charge in [-0.05, 0) is 55.7 Å². The Bertz CT molecular complexity index is 879. The number of methoxy groups -OCH3 is 1. The van der Waals surface area contributed by atoms with Gasteiger partial charge in [0.2, 0.25) is 11.8 Å². The standard InChI is InChI=1S/C19H18Cl2N2O3/c1-11-13(21)4-3-5-14(11)22-17(24)19(8-9-19)18(25)23-15-10-12(20)6-7-16(15)26-2/h3-7,10H,8-9H2,1-2H3,(H,22,24)(H,23,25). The van der Waals surface area contributed by atoms with Crippen molar-refractivity contribution in [3.63, 3.8) is 0 Å². The van der Waals surface area contributed by atoms with Crippen LogP contribution in [0.25, 0.3) is 0 Å². The number of hydrogen-bond acceptors (Lipinski definition) is 3. The highest BCUT2D eigenvalue weighted by Gasteiger charge is 2.56. The maximum absolute atomic E-state index is 12.8. The average molecular weight is 393 g/mol. The number of ether oxygens (including phenoxy) is 1. The zero-order valence-electron chi connectivity index (χ0n) is 14.4. The lowest BCUT2D eigenvalue weighted by molar-refractivity contribution is -0.131. The lowest BCUT2D eigenvalue weighted by Crippen LogP contribution is -2.35. The SMILES string of the molecule is COc1ccc(Cl)cc1NC(=O)C1(C(=O)Nc2cccc(Cl)c2C)CC1. The Morgan fingerprint density at radius 2 is 1.69 bits per heavy atom. The van der Waals surface area contributed by atoms with Crippen LogP contribution in [-0.2, 0) is 9.59 Å². The number of rotatable bonds is 5. The van der Waals surface area contributed by atoms with E-state index in [1.807, 2.05) is 6.92 Å². The normalized spacial score (nSPS) is 14.5. The number of benzene rings is 2. The highest BCUT2D eigenvalue weighted by atomic mass is 35.5. The molecule has 136 valence electrons. The fourth-order valence-corrected chi connectivity index (χ4v) is 3.03. The molecule has 0 unspecified atom stereocenters. The summed E-state index contributed by atoms with van der Waals surface area (Å²) in [4.78, 5) is 25.5. The quantitative estimate of drug-likeness (QED) is 0.726. The number of carbonyl (C=O) groups excluding carboxylic acids is 2. The lowest BCUT2D eigenvalue weighted by atomic mass is 10.0. The molecule has 0 radical (unpaired) electrons. The minimum Gasteiger partial charge on any atom is -0.495 e. The van der Waals surface area contributed by atoms with Gasteiger partial charge in [0.15, 0.2) is 0 Å². The van der Waals surface area contributed by atoms with Gasteiger partial charge in [-0.2, -0.15) is 0 Å². The monoisotopic (exact) mass is 392 g/mol. The van der Waals surface area contributed by atoms with Crippen molar-refractivity contribution in [1.29, 1.82) is 0 Å². The summed E-state index contributed by atoms with van der Waals surface area (Å²) >= 11 is 12.1. The molecule has 2 amide bonds. The fraction of sp³-hybridized carbons (Fsp3) is 0.263. The zero-order valence-corrected chi connectivity index (χ0v) is 15.9. The molecule has 2 aromatic rings. The maximum atomic E-state index is 12.8. The maximum Gasteiger partial charge on any atom is 0.240 e. The summed E-state index contributed by atoms with van der Waals surface area (Å²) in [5.41, 5.74) is 0.697. The van der Waals surface area contributed by atoms with E-state index in [4.69, 9.17) is 27.9 Å². The van der Waals surface area contributed by atoms with Gasteiger partial charge >= 0.3 is 0 Å².